The minimum absolute atomic E-state index is 0.106. The number of hydrogen-bond acceptors (Lipinski definition) is 12. The molecule has 1 aliphatic heterocycles. The number of aliphatic hydroxyl groups excluding tert-OH is 5. The van der Waals surface area contributed by atoms with Gasteiger partial charge in [-0.15, -0.1) is 0 Å². The summed E-state index contributed by atoms with van der Waals surface area (Å²) >= 11 is 0. The molecule has 0 aromatic rings. The highest BCUT2D eigenvalue weighted by molar-refractivity contribution is 5.93. The maximum absolute atomic E-state index is 14.3. The molecule has 6 N–H and O–H groups in total. The number of esters is 1. The molecule has 5 aliphatic carbocycles. The molecule has 2 spiro atoms. The fourth-order valence-corrected chi connectivity index (χ4v) is 11.9. The van der Waals surface area contributed by atoms with E-state index in [-0.39, 0.29) is 30.5 Å². The van der Waals surface area contributed by atoms with E-state index in [4.69, 9.17) is 14.2 Å². The van der Waals surface area contributed by atoms with E-state index in [0.29, 0.717) is 19.3 Å². The predicted octanol–water partition coefficient (Wildman–Crippen LogP) is 1.59. The number of Topliss-reactive ketones (excluding diaryl/α,β-unsaturated/α-hetero) is 2. The second kappa shape index (κ2) is 11.6. The molecule has 0 aromatic heterocycles. The Bertz CT molecular complexity index is 1420. The van der Waals surface area contributed by atoms with Gasteiger partial charge >= 0.3 is 5.97 Å². The SMILES string of the molecule is CC(=O)O[C@@H]1C[C@@]23C[C@@]24CC[C@H](O[C@@H]2OC[C@H](O)[C@H](O)[C@H]2O)C(C)(C)[C@@H]4CC=C3[C@]2(C)[C@@H](O)C(=O)[C@H]([C@H](C)CC(=O)[C@H](O)C(C)(C)O)[C@@]12C. The molecule has 4 saturated carbocycles. The summed E-state index contributed by atoms with van der Waals surface area (Å²) in [6.07, 6.45) is -3.92. The smallest absolute Gasteiger partial charge is 0.302 e. The van der Waals surface area contributed by atoms with Crippen molar-refractivity contribution >= 4 is 17.5 Å². The van der Waals surface area contributed by atoms with E-state index >= 15 is 0 Å². The third-order valence-electron chi connectivity index (χ3n) is 14.5. The lowest BCUT2D eigenvalue weighted by Crippen LogP contribution is -2.61. The van der Waals surface area contributed by atoms with Gasteiger partial charge in [0.1, 0.15) is 36.6 Å². The van der Waals surface area contributed by atoms with Crippen LogP contribution in [0.4, 0.5) is 0 Å². The van der Waals surface area contributed by atoms with Crippen molar-refractivity contribution in [1.82, 2.24) is 0 Å². The fraction of sp³-hybridized carbons (Fsp3) is 0.865. The lowest BCUT2D eigenvalue weighted by molar-refractivity contribution is -0.301. The molecule has 0 unspecified atom stereocenters. The molecule has 12 heteroatoms. The highest BCUT2D eigenvalue weighted by atomic mass is 16.7. The van der Waals surface area contributed by atoms with E-state index in [1.165, 1.54) is 20.8 Å². The first-order chi connectivity index (χ1) is 22.5. The van der Waals surface area contributed by atoms with E-state index in [2.05, 4.69) is 19.9 Å². The zero-order chi connectivity index (χ0) is 36.4. The minimum Gasteiger partial charge on any atom is -0.462 e. The summed E-state index contributed by atoms with van der Waals surface area (Å²) in [5.74, 6) is -2.89. The molecule has 0 aromatic carbocycles. The maximum Gasteiger partial charge on any atom is 0.302 e. The van der Waals surface area contributed by atoms with Crippen molar-refractivity contribution in [1.29, 1.82) is 0 Å². The number of hydrogen-bond donors (Lipinski definition) is 6. The molecule has 6 rings (SSSR count). The summed E-state index contributed by atoms with van der Waals surface area (Å²) in [5.41, 5.74) is -3.92. The molecule has 1 heterocycles. The summed E-state index contributed by atoms with van der Waals surface area (Å²) in [7, 11) is 0. The fourth-order valence-electron chi connectivity index (χ4n) is 11.9. The second-order valence-electron chi connectivity index (χ2n) is 17.8. The quantitative estimate of drug-likeness (QED) is 0.159. The molecule has 5 fully saturated rings. The van der Waals surface area contributed by atoms with Crippen LogP contribution in [0.3, 0.4) is 0 Å². The number of carbonyl (C=O) groups is 3. The van der Waals surface area contributed by atoms with Gasteiger partial charge < -0.3 is 44.8 Å². The summed E-state index contributed by atoms with van der Waals surface area (Å²) in [5, 5.41) is 63.6. The van der Waals surface area contributed by atoms with Crippen LogP contribution in [0.1, 0.15) is 93.9 Å². The van der Waals surface area contributed by atoms with E-state index < -0.39 is 99.5 Å². The summed E-state index contributed by atoms with van der Waals surface area (Å²) in [6.45, 7) is 13.7. The zero-order valence-electron chi connectivity index (χ0n) is 30.0. The lowest BCUT2D eigenvalue weighted by Gasteiger charge is -2.61. The van der Waals surface area contributed by atoms with Crippen LogP contribution in [-0.4, -0.2) is 109 Å². The van der Waals surface area contributed by atoms with Crippen LogP contribution in [0.2, 0.25) is 0 Å². The number of carbonyl (C=O) groups excluding carboxylic acids is 3. The van der Waals surface area contributed by atoms with Gasteiger partial charge in [-0.25, -0.2) is 0 Å². The average molecular weight is 693 g/mol. The molecule has 1 saturated heterocycles. The second-order valence-corrected chi connectivity index (χ2v) is 17.8. The van der Waals surface area contributed by atoms with Crippen molar-refractivity contribution in [3.63, 3.8) is 0 Å². The highest BCUT2D eigenvalue weighted by Gasteiger charge is 2.85. The van der Waals surface area contributed by atoms with Gasteiger partial charge in [-0.3, -0.25) is 14.4 Å². The molecule has 276 valence electrons. The van der Waals surface area contributed by atoms with Gasteiger partial charge in [-0.2, -0.15) is 0 Å². The summed E-state index contributed by atoms with van der Waals surface area (Å²) in [6, 6.07) is 0. The monoisotopic (exact) mass is 692 g/mol. The Hall–Kier alpha value is -1.77. The van der Waals surface area contributed by atoms with Gasteiger partial charge in [0.25, 0.3) is 0 Å². The Morgan fingerprint density at radius 1 is 1.08 bits per heavy atom. The molecule has 15 atom stereocenters. The van der Waals surface area contributed by atoms with E-state index in [1.807, 2.05) is 13.8 Å². The standard InChI is InChI=1S/C37H56O12/c1-17(13-19(39)29(44)33(5,6)46)25-27(42)30(45)34(7)22-10-9-21-32(3,4)23(49-31-28(43)26(41)20(40)15-47-31)11-12-36(21)16-37(22,36)14-24(35(25,34)8)48-18(2)38/h10,17,20-21,23-26,28-31,40-41,43-46H,9,11-16H2,1-8H3/t17-,20+,21+,23+,24-,25+,26+,28-,29+,30+,31+,34-,35-,36-,37+/m1/s1. The molecule has 6 aliphatic rings. The van der Waals surface area contributed by atoms with Crippen molar-refractivity contribution < 1.29 is 59.2 Å². The zero-order valence-corrected chi connectivity index (χ0v) is 30.0. The maximum atomic E-state index is 14.3. The van der Waals surface area contributed by atoms with Gasteiger partial charge in [-0.05, 0) is 68.6 Å². The Labute approximate surface area is 288 Å². The Balaban J connectivity index is 1.35. The molecule has 49 heavy (non-hydrogen) atoms. The molecule has 0 amide bonds. The number of rotatable bonds is 8. The van der Waals surface area contributed by atoms with Crippen molar-refractivity contribution in [3.8, 4) is 0 Å². The van der Waals surface area contributed by atoms with Crippen molar-refractivity contribution in [2.45, 2.75) is 149 Å². The summed E-state index contributed by atoms with van der Waals surface area (Å²) < 4.78 is 18.1. The first-order valence-corrected chi connectivity index (χ1v) is 17.9. The number of ether oxygens (including phenoxy) is 3. The number of allylic oxidation sites excluding steroid dienone is 1. The highest BCUT2D eigenvalue weighted by Crippen LogP contribution is 2.88. The van der Waals surface area contributed by atoms with Crippen molar-refractivity contribution in [3.05, 3.63) is 11.6 Å². The van der Waals surface area contributed by atoms with E-state index in [0.717, 1.165) is 18.4 Å². The van der Waals surface area contributed by atoms with Crippen LogP contribution in [0.5, 0.6) is 0 Å². The van der Waals surface area contributed by atoms with Gasteiger partial charge in [0.15, 0.2) is 17.9 Å². The van der Waals surface area contributed by atoms with Crippen LogP contribution in [-0.2, 0) is 28.6 Å². The van der Waals surface area contributed by atoms with Gasteiger partial charge in [0, 0.05) is 35.5 Å². The normalized spacial score (nSPS) is 48.2. The minimum atomic E-state index is -1.67. The molecular weight excluding hydrogens is 636 g/mol. The Kier molecular flexibility index (Phi) is 8.77. The van der Waals surface area contributed by atoms with Crippen LogP contribution < -0.4 is 0 Å². The Morgan fingerprint density at radius 3 is 2.35 bits per heavy atom. The van der Waals surface area contributed by atoms with E-state index in [1.54, 1.807) is 6.92 Å². The van der Waals surface area contributed by atoms with Gasteiger partial charge in [0.2, 0.25) is 0 Å². The van der Waals surface area contributed by atoms with Gasteiger partial charge in [0.05, 0.1) is 18.3 Å². The third-order valence-corrected chi connectivity index (χ3v) is 14.5. The van der Waals surface area contributed by atoms with Crippen LogP contribution in [0.25, 0.3) is 0 Å². The van der Waals surface area contributed by atoms with E-state index in [9.17, 15) is 45.0 Å². The van der Waals surface area contributed by atoms with Crippen LogP contribution in [0.15, 0.2) is 11.6 Å². The van der Waals surface area contributed by atoms with Crippen LogP contribution >= 0.6 is 0 Å². The predicted molar refractivity (Wildman–Crippen MR) is 173 cm³/mol. The third kappa shape index (κ3) is 4.95. The first kappa shape index (κ1) is 37.0. The topological polar surface area (TPSA) is 200 Å². The van der Waals surface area contributed by atoms with Crippen molar-refractivity contribution in [2.75, 3.05) is 6.61 Å². The molecule has 0 radical (unpaired) electrons. The number of aliphatic hydroxyl groups is 6. The first-order valence-electron chi connectivity index (χ1n) is 17.9. The number of fused-ring (bicyclic) bond motifs is 2. The molecule has 12 nitrogen and oxygen atoms in total. The largest absolute Gasteiger partial charge is 0.462 e. The van der Waals surface area contributed by atoms with Crippen LogP contribution in [0, 0.1) is 44.8 Å². The molecular formula is C37H56O12. The average Bonchev–Trinajstić information content (AvgIpc) is 3.62. The Morgan fingerprint density at radius 2 is 1.73 bits per heavy atom. The number of ketones is 2. The molecule has 0 bridgehead atoms. The van der Waals surface area contributed by atoms with Gasteiger partial charge in [-0.1, -0.05) is 46.3 Å². The lowest BCUT2D eigenvalue weighted by atomic mass is 9.44. The van der Waals surface area contributed by atoms with Crippen molar-refractivity contribution in [2.24, 2.45) is 44.8 Å². The summed E-state index contributed by atoms with van der Waals surface area (Å²) in [4.78, 5) is 40.1.